The topological polar surface area (TPSA) is 74.6 Å². The Bertz CT molecular complexity index is 208. The Kier molecular flexibility index (Phi) is 5.59. The van der Waals surface area contributed by atoms with Crippen molar-refractivity contribution in [3.63, 3.8) is 0 Å². The van der Waals surface area contributed by atoms with Gasteiger partial charge in [0.05, 0.1) is 12.3 Å². The largest absolute Gasteiger partial charge is 0.481 e. The number of allylic oxidation sites excluding steroid dienone is 1. The molecule has 0 aromatic rings. The molecule has 74 valence electrons. The SMILES string of the molecule is CC(CCC=CCC(=O)O)C(=O)O. The molecule has 0 saturated carbocycles. The van der Waals surface area contributed by atoms with E-state index in [0.717, 1.165) is 0 Å². The number of hydrogen-bond donors (Lipinski definition) is 2. The van der Waals surface area contributed by atoms with Crippen LogP contribution in [-0.2, 0) is 9.59 Å². The van der Waals surface area contributed by atoms with Crippen molar-refractivity contribution >= 4 is 11.9 Å². The van der Waals surface area contributed by atoms with Gasteiger partial charge in [-0.25, -0.2) is 0 Å². The molecule has 4 heteroatoms. The number of carbonyl (C=O) groups is 2. The lowest BCUT2D eigenvalue weighted by atomic mass is 10.1. The van der Waals surface area contributed by atoms with Crippen LogP contribution in [0.25, 0.3) is 0 Å². The number of carboxylic acid groups (broad SMARTS) is 2. The van der Waals surface area contributed by atoms with Gasteiger partial charge in [-0.1, -0.05) is 19.1 Å². The van der Waals surface area contributed by atoms with Gasteiger partial charge >= 0.3 is 11.9 Å². The quantitative estimate of drug-likeness (QED) is 0.616. The van der Waals surface area contributed by atoms with Crippen LogP contribution >= 0.6 is 0 Å². The standard InChI is InChI=1S/C9H14O4/c1-7(9(12)13)5-3-2-4-6-8(10)11/h2,4,7H,3,5-6H2,1H3,(H,10,11)(H,12,13). The fraction of sp³-hybridized carbons (Fsp3) is 0.556. The Morgan fingerprint density at radius 3 is 2.38 bits per heavy atom. The fourth-order valence-corrected chi connectivity index (χ4v) is 0.772. The number of carboxylic acids is 2. The van der Waals surface area contributed by atoms with E-state index in [1.54, 1.807) is 13.0 Å². The first-order chi connectivity index (χ1) is 6.04. The highest BCUT2D eigenvalue weighted by molar-refractivity contribution is 5.69. The third kappa shape index (κ3) is 7.05. The van der Waals surface area contributed by atoms with Crippen molar-refractivity contribution in [3.05, 3.63) is 12.2 Å². The first-order valence-electron chi connectivity index (χ1n) is 4.13. The van der Waals surface area contributed by atoms with Crippen LogP contribution in [-0.4, -0.2) is 22.2 Å². The molecule has 2 N–H and O–H groups in total. The highest BCUT2D eigenvalue weighted by Gasteiger charge is 2.08. The van der Waals surface area contributed by atoms with E-state index in [1.807, 2.05) is 0 Å². The molecule has 0 bridgehead atoms. The number of rotatable bonds is 6. The van der Waals surface area contributed by atoms with Crippen molar-refractivity contribution in [2.75, 3.05) is 0 Å². The molecule has 0 spiro atoms. The summed E-state index contributed by atoms with van der Waals surface area (Å²) < 4.78 is 0. The van der Waals surface area contributed by atoms with Crippen molar-refractivity contribution in [1.82, 2.24) is 0 Å². The summed E-state index contributed by atoms with van der Waals surface area (Å²) in [5, 5.41) is 16.8. The average molecular weight is 186 g/mol. The zero-order valence-electron chi connectivity index (χ0n) is 7.56. The second-order valence-electron chi connectivity index (χ2n) is 2.89. The van der Waals surface area contributed by atoms with E-state index < -0.39 is 11.9 Å². The third-order valence-corrected chi connectivity index (χ3v) is 1.65. The van der Waals surface area contributed by atoms with Crippen LogP contribution in [0.4, 0.5) is 0 Å². The van der Waals surface area contributed by atoms with Crippen molar-refractivity contribution in [1.29, 1.82) is 0 Å². The van der Waals surface area contributed by atoms with Crippen LogP contribution in [0, 0.1) is 5.92 Å². The van der Waals surface area contributed by atoms with Gasteiger partial charge in [-0.15, -0.1) is 0 Å². The molecule has 1 unspecified atom stereocenters. The second-order valence-corrected chi connectivity index (χ2v) is 2.89. The molecule has 0 aromatic carbocycles. The maximum absolute atomic E-state index is 10.4. The van der Waals surface area contributed by atoms with Crippen molar-refractivity contribution < 1.29 is 19.8 Å². The van der Waals surface area contributed by atoms with Crippen LogP contribution in [0.5, 0.6) is 0 Å². The van der Waals surface area contributed by atoms with Gasteiger partial charge in [0.25, 0.3) is 0 Å². The predicted octanol–water partition coefficient (Wildman–Crippen LogP) is 1.52. The molecule has 0 amide bonds. The van der Waals surface area contributed by atoms with E-state index in [-0.39, 0.29) is 12.3 Å². The van der Waals surface area contributed by atoms with E-state index in [0.29, 0.717) is 12.8 Å². The summed E-state index contributed by atoms with van der Waals surface area (Å²) in [7, 11) is 0. The van der Waals surface area contributed by atoms with E-state index in [4.69, 9.17) is 10.2 Å². The van der Waals surface area contributed by atoms with E-state index in [9.17, 15) is 9.59 Å². The van der Waals surface area contributed by atoms with Crippen molar-refractivity contribution in [2.45, 2.75) is 26.2 Å². The maximum Gasteiger partial charge on any atom is 0.307 e. The lowest BCUT2D eigenvalue weighted by molar-refractivity contribution is -0.141. The summed E-state index contributed by atoms with van der Waals surface area (Å²) in [6.07, 6.45) is 4.40. The smallest absolute Gasteiger partial charge is 0.307 e. The van der Waals surface area contributed by atoms with Gasteiger partial charge in [0.1, 0.15) is 0 Å². The molecule has 4 nitrogen and oxygen atoms in total. The Balaban J connectivity index is 3.50. The first kappa shape index (κ1) is 11.7. The minimum atomic E-state index is -0.873. The summed E-state index contributed by atoms with van der Waals surface area (Å²) in [5.41, 5.74) is 0. The molecule has 0 rings (SSSR count). The lowest BCUT2D eigenvalue weighted by Gasteiger charge is -2.01. The molecule has 1 atom stereocenters. The van der Waals surface area contributed by atoms with Gasteiger partial charge < -0.3 is 10.2 Å². The monoisotopic (exact) mass is 186 g/mol. The molecule has 0 radical (unpaired) electrons. The maximum atomic E-state index is 10.4. The Hall–Kier alpha value is -1.32. The number of hydrogen-bond acceptors (Lipinski definition) is 2. The van der Waals surface area contributed by atoms with E-state index in [2.05, 4.69) is 0 Å². The van der Waals surface area contributed by atoms with Gasteiger partial charge in [0, 0.05) is 0 Å². The van der Waals surface area contributed by atoms with Gasteiger partial charge in [-0.05, 0) is 12.8 Å². The van der Waals surface area contributed by atoms with Crippen LogP contribution < -0.4 is 0 Å². The molecule has 0 aliphatic rings. The van der Waals surface area contributed by atoms with Crippen molar-refractivity contribution in [2.24, 2.45) is 5.92 Å². The molecule has 0 heterocycles. The molecular formula is C9H14O4. The van der Waals surface area contributed by atoms with Gasteiger partial charge in [0.15, 0.2) is 0 Å². The number of aliphatic carboxylic acids is 2. The lowest BCUT2D eigenvalue weighted by Crippen LogP contribution is -2.08. The zero-order chi connectivity index (χ0) is 10.3. The Morgan fingerprint density at radius 1 is 1.31 bits per heavy atom. The van der Waals surface area contributed by atoms with E-state index in [1.165, 1.54) is 6.08 Å². The molecule has 0 aliphatic heterocycles. The minimum absolute atomic E-state index is 0.00144. The summed E-state index contributed by atoms with van der Waals surface area (Å²) in [4.78, 5) is 20.4. The van der Waals surface area contributed by atoms with Gasteiger partial charge in [-0.3, -0.25) is 9.59 Å². The minimum Gasteiger partial charge on any atom is -0.481 e. The summed E-state index contributed by atoms with van der Waals surface area (Å²) >= 11 is 0. The predicted molar refractivity (Wildman–Crippen MR) is 47.4 cm³/mol. The molecule has 0 saturated heterocycles. The van der Waals surface area contributed by atoms with Gasteiger partial charge in [-0.2, -0.15) is 0 Å². The highest BCUT2D eigenvalue weighted by atomic mass is 16.4. The molecule has 0 fully saturated rings. The highest BCUT2D eigenvalue weighted by Crippen LogP contribution is 2.05. The Labute approximate surface area is 76.9 Å². The summed E-state index contributed by atoms with van der Waals surface area (Å²) in [6.45, 7) is 1.63. The van der Waals surface area contributed by atoms with Crippen LogP contribution in [0.3, 0.4) is 0 Å². The summed E-state index contributed by atoms with van der Waals surface area (Å²) in [6, 6.07) is 0. The van der Waals surface area contributed by atoms with E-state index >= 15 is 0 Å². The first-order valence-corrected chi connectivity index (χ1v) is 4.13. The molecular weight excluding hydrogens is 172 g/mol. The average Bonchev–Trinajstić information content (AvgIpc) is 2.02. The normalized spacial score (nSPS) is 13.0. The molecule has 0 aliphatic carbocycles. The van der Waals surface area contributed by atoms with Crippen LogP contribution in [0.1, 0.15) is 26.2 Å². The third-order valence-electron chi connectivity index (χ3n) is 1.65. The molecule has 13 heavy (non-hydrogen) atoms. The van der Waals surface area contributed by atoms with Crippen LogP contribution in [0.15, 0.2) is 12.2 Å². The second kappa shape index (κ2) is 6.22. The van der Waals surface area contributed by atoms with Crippen molar-refractivity contribution in [3.8, 4) is 0 Å². The Morgan fingerprint density at radius 2 is 1.92 bits per heavy atom. The molecule has 0 aromatic heterocycles. The van der Waals surface area contributed by atoms with Gasteiger partial charge in [0.2, 0.25) is 0 Å². The van der Waals surface area contributed by atoms with Crippen LogP contribution in [0.2, 0.25) is 0 Å². The summed E-state index contributed by atoms with van der Waals surface area (Å²) in [5.74, 6) is -2.05. The fourth-order valence-electron chi connectivity index (χ4n) is 0.772. The zero-order valence-corrected chi connectivity index (χ0v) is 7.56.